The average molecular weight is 330 g/mol. The summed E-state index contributed by atoms with van der Waals surface area (Å²) in [4.78, 5) is 37.4. The molecule has 1 saturated carbocycles. The molecule has 3 rings (SSSR count). The number of nitrogens with one attached hydrogen (secondary N) is 1. The van der Waals surface area contributed by atoms with Crippen molar-refractivity contribution in [2.24, 2.45) is 5.92 Å². The summed E-state index contributed by atoms with van der Waals surface area (Å²) in [5.74, 6) is -1.10. The fourth-order valence-corrected chi connectivity index (χ4v) is 3.49. The topological polar surface area (TPSA) is 86.7 Å². The monoisotopic (exact) mass is 330 g/mol. The molecule has 128 valence electrons. The maximum atomic E-state index is 12.2. The number of nitrogens with zero attached hydrogens (tertiary/aromatic N) is 1. The van der Waals surface area contributed by atoms with E-state index in [4.69, 9.17) is 0 Å². The van der Waals surface area contributed by atoms with E-state index in [9.17, 15) is 19.5 Å². The van der Waals surface area contributed by atoms with Crippen LogP contribution in [0.5, 0.6) is 0 Å². The first kappa shape index (κ1) is 16.6. The van der Waals surface area contributed by atoms with E-state index in [1.165, 1.54) is 6.42 Å². The zero-order valence-electron chi connectivity index (χ0n) is 13.5. The number of rotatable bonds is 5. The molecule has 0 saturated heterocycles. The lowest BCUT2D eigenvalue weighted by atomic mass is 9.85. The van der Waals surface area contributed by atoms with Gasteiger partial charge in [0.2, 0.25) is 5.91 Å². The molecule has 1 aliphatic heterocycles. The summed E-state index contributed by atoms with van der Waals surface area (Å²) in [6, 6.07) is 6.54. The van der Waals surface area contributed by atoms with E-state index in [0.29, 0.717) is 11.1 Å². The van der Waals surface area contributed by atoms with Crippen LogP contribution in [-0.4, -0.2) is 46.9 Å². The third kappa shape index (κ3) is 3.33. The van der Waals surface area contributed by atoms with Gasteiger partial charge in [0, 0.05) is 6.54 Å². The van der Waals surface area contributed by atoms with Crippen molar-refractivity contribution in [1.82, 2.24) is 10.2 Å². The molecule has 0 spiro atoms. The van der Waals surface area contributed by atoms with E-state index >= 15 is 0 Å². The molecule has 0 radical (unpaired) electrons. The number of aliphatic hydroxyl groups excluding tert-OH is 1. The van der Waals surface area contributed by atoms with Crippen LogP contribution in [0.1, 0.15) is 52.8 Å². The zero-order chi connectivity index (χ0) is 17.1. The summed E-state index contributed by atoms with van der Waals surface area (Å²) < 4.78 is 0. The van der Waals surface area contributed by atoms with Gasteiger partial charge >= 0.3 is 0 Å². The van der Waals surface area contributed by atoms with Crippen LogP contribution in [0.4, 0.5) is 0 Å². The van der Waals surface area contributed by atoms with Crippen molar-refractivity contribution in [2.75, 3.05) is 13.1 Å². The van der Waals surface area contributed by atoms with Gasteiger partial charge in [-0.05, 0) is 30.9 Å². The van der Waals surface area contributed by atoms with Gasteiger partial charge < -0.3 is 10.4 Å². The van der Waals surface area contributed by atoms with Crippen molar-refractivity contribution < 1.29 is 19.5 Å². The molecule has 24 heavy (non-hydrogen) atoms. The summed E-state index contributed by atoms with van der Waals surface area (Å²) in [5.41, 5.74) is 0.662. The molecule has 2 N–H and O–H groups in total. The molecule has 1 aliphatic carbocycles. The largest absolute Gasteiger partial charge is 0.391 e. The fraction of sp³-hybridized carbons (Fsp3) is 0.500. The molecule has 6 nitrogen and oxygen atoms in total. The Bertz CT molecular complexity index is 617. The highest BCUT2D eigenvalue weighted by molar-refractivity contribution is 6.22. The molecule has 6 heteroatoms. The highest BCUT2D eigenvalue weighted by Crippen LogP contribution is 2.26. The second kappa shape index (κ2) is 7.13. The van der Waals surface area contributed by atoms with E-state index in [0.717, 1.165) is 30.6 Å². The molecule has 1 atom stereocenters. The number of hydrogen-bond donors (Lipinski definition) is 2. The third-order valence-electron chi connectivity index (χ3n) is 4.88. The second-order valence-corrected chi connectivity index (χ2v) is 6.51. The SMILES string of the molecule is O=C(CN1C(=O)c2ccccc2C1=O)NCC(O)C1CCCCC1. The molecule has 2 aliphatic rings. The highest BCUT2D eigenvalue weighted by atomic mass is 16.3. The minimum Gasteiger partial charge on any atom is -0.391 e. The average Bonchev–Trinajstić information content (AvgIpc) is 2.86. The van der Waals surface area contributed by atoms with Crippen molar-refractivity contribution in [3.8, 4) is 0 Å². The van der Waals surface area contributed by atoms with E-state index in [1.54, 1.807) is 24.3 Å². The first-order valence-electron chi connectivity index (χ1n) is 8.48. The summed E-state index contributed by atoms with van der Waals surface area (Å²) in [7, 11) is 0. The fourth-order valence-electron chi connectivity index (χ4n) is 3.49. The first-order chi connectivity index (χ1) is 11.6. The predicted octanol–water partition coefficient (Wildman–Crippen LogP) is 1.34. The lowest BCUT2D eigenvalue weighted by molar-refractivity contribution is -0.122. The van der Waals surface area contributed by atoms with Crippen molar-refractivity contribution in [2.45, 2.75) is 38.2 Å². The van der Waals surface area contributed by atoms with Gasteiger partial charge in [-0.3, -0.25) is 19.3 Å². The smallest absolute Gasteiger partial charge is 0.262 e. The van der Waals surface area contributed by atoms with Gasteiger partial charge in [0.1, 0.15) is 6.54 Å². The molecule has 1 aromatic carbocycles. The number of benzene rings is 1. The quantitative estimate of drug-likeness (QED) is 0.798. The third-order valence-corrected chi connectivity index (χ3v) is 4.88. The number of amides is 3. The van der Waals surface area contributed by atoms with Gasteiger partial charge in [-0.15, -0.1) is 0 Å². The number of hydrogen-bond acceptors (Lipinski definition) is 4. The number of fused-ring (bicyclic) bond motifs is 1. The van der Waals surface area contributed by atoms with Crippen LogP contribution in [0.2, 0.25) is 0 Å². The Balaban J connectivity index is 1.52. The van der Waals surface area contributed by atoms with E-state index in [1.807, 2.05) is 0 Å². The van der Waals surface area contributed by atoms with E-state index < -0.39 is 23.8 Å². The van der Waals surface area contributed by atoms with Gasteiger partial charge in [0.05, 0.1) is 17.2 Å². The van der Waals surface area contributed by atoms with Crippen molar-refractivity contribution >= 4 is 17.7 Å². The van der Waals surface area contributed by atoms with Gasteiger partial charge in [-0.25, -0.2) is 0 Å². The van der Waals surface area contributed by atoms with E-state index in [-0.39, 0.29) is 19.0 Å². The summed E-state index contributed by atoms with van der Waals surface area (Å²) in [6.07, 6.45) is 4.83. The van der Waals surface area contributed by atoms with Crippen LogP contribution in [0, 0.1) is 5.92 Å². The lowest BCUT2D eigenvalue weighted by Crippen LogP contribution is -2.43. The van der Waals surface area contributed by atoms with Crippen LogP contribution >= 0.6 is 0 Å². The maximum Gasteiger partial charge on any atom is 0.262 e. The Morgan fingerprint density at radius 1 is 1.12 bits per heavy atom. The molecule has 1 aromatic rings. The molecule has 3 amide bonds. The minimum atomic E-state index is -0.573. The summed E-state index contributed by atoms with van der Waals surface area (Å²) in [5, 5.41) is 12.8. The minimum absolute atomic E-state index is 0.159. The molecule has 1 unspecified atom stereocenters. The Morgan fingerprint density at radius 2 is 1.71 bits per heavy atom. The Labute approximate surface area is 140 Å². The molecular weight excluding hydrogens is 308 g/mol. The lowest BCUT2D eigenvalue weighted by Gasteiger charge is -2.26. The zero-order valence-corrected chi connectivity index (χ0v) is 13.5. The number of carbonyl (C=O) groups is 3. The first-order valence-corrected chi connectivity index (χ1v) is 8.48. The van der Waals surface area contributed by atoms with Crippen LogP contribution in [0.25, 0.3) is 0 Å². The molecule has 1 fully saturated rings. The van der Waals surface area contributed by atoms with Gasteiger partial charge in [0.15, 0.2) is 0 Å². The van der Waals surface area contributed by atoms with Crippen molar-refractivity contribution in [3.05, 3.63) is 35.4 Å². The number of imide groups is 1. The normalized spacial score (nSPS) is 19.3. The Morgan fingerprint density at radius 3 is 2.29 bits per heavy atom. The Hall–Kier alpha value is -2.21. The van der Waals surface area contributed by atoms with Crippen LogP contribution < -0.4 is 5.32 Å². The van der Waals surface area contributed by atoms with Gasteiger partial charge in [-0.1, -0.05) is 31.4 Å². The molecular formula is C18H22N2O4. The van der Waals surface area contributed by atoms with Crippen LogP contribution in [0.15, 0.2) is 24.3 Å². The summed E-state index contributed by atoms with van der Waals surface area (Å²) >= 11 is 0. The van der Waals surface area contributed by atoms with Crippen LogP contribution in [-0.2, 0) is 4.79 Å². The summed E-state index contributed by atoms with van der Waals surface area (Å²) in [6.45, 7) is -0.156. The Kier molecular flexibility index (Phi) is 4.94. The van der Waals surface area contributed by atoms with Crippen molar-refractivity contribution in [3.63, 3.8) is 0 Å². The molecule has 0 bridgehead atoms. The predicted molar refractivity (Wildman–Crippen MR) is 87.4 cm³/mol. The van der Waals surface area contributed by atoms with Gasteiger partial charge in [-0.2, -0.15) is 0 Å². The number of aliphatic hydroxyl groups is 1. The van der Waals surface area contributed by atoms with Crippen molar-refractivity contribution in [1.29, 1.82) is 0 Å². The number of carbonyl (C=O) groups excluding carboxylic acids is 3. The maximum absolute atomic E-state index is 12.2. The molecule has 0 aromatic heterocycles. The van der Waals surface area contributed by atoms with Crippen LogP contribution in [0.3, 0.4) is 0 Å². The van der Waals surface area contributed by atoms with E-state index in [2.05, 4.69) is 5.32 Å². The standard InChI is InChI=1S/C18H22N2O4/c21-15(12-6-2-1-3-7-12)10-19-16(22)11-20-17(23)13-8-4-5-9-14(13)18(20)24/h4-5,8-9,12,15,21H,1-3,6-7,10-11H2,(H,19,22). The molecule has 1 heterocycles. The van der Waals surface area contributed by atoms with Gasteiger partial charge in [0.25, 0.3) is 11.8 Å². The second-order valence-electron chi connectivity index (χ2n) is 6.51. The highest BCUT2D eigenvalue weighted by Gasteiger charge is 2.36.